The number of ether oxygens (including phenoxy) is 1. The molecular weight excluding hydrogens is 244 g/mol. The summed E-state index contributed by atoms with van der Waals surface area (Å²) in [6.45, 7) is 3.84. The molecule has 0 aromatic rings. The van der Waals surface area contributed by atoms with Crippen LogP contribution in [0.3, 0.4) is 0 Å². The van der Waals surface area contributed by atoms with Crippen molar-refractivity contribution in [2.45, 2.75) is 45.1 Å². The van der Waals surface area contributed by atoms with Gasteiger partial charge in [0.25, 0.3) is 0 Å². The van der Waals surface area contributed by atoms with Crippen LogP contribution in [-0.4, -0.2) is 50.5 Å². The molecule has 1 amide bonds. The van der Waals surface area contributed by atoms with E-state index in [2.05, 4.69) is 10.6 Å². The van der Waals surface area contributed by atoms with E-state index in [1.165, 1.54) is 19.3 Å². The lowest BCUT2D eigenvalue weighted by Gasteiger charge is -2.36. The molecular formula is C14H28N2O3. The number of aliphatic hydroxyl groups excluding tert-OH is 1. The van der Waals surface area contributed by atoms with E-state index in [1.807, 2.05) is 6.92 Å². The third-order valence-electron chi connectivity index (χ3n) is 4.03. The number of hydrogen-bond acceptors (Lipinski definition) is 4. The SMILES string of the molecule is COCCNC(=O)C(C)NCC1(CO)CCCCC1. The van der Waals surface area contributed by atoms with Crippen molar-refractivity contribution in [1.29, 1.82) is 0 Å². The van der Waals surface area contributed by atoms with Crippen LogP contribution in [0, 0.1) is 5.41 Å². The molecule has 5 nitrogen and oxygen atoms in total. The van der Waals surface area contributed by atoms with Gasteiger partial charge in [0.15, 0.2) is 0 Å². The van der Waals surface area contributed by atoms with Gasteiger partial charge >= 0.3 is 0 Å². The van der Waals surface area contributed by atoms with E-state index in [0.717, 1.165) is 12.8 Å². The molecule has 0 bridgehead atoms. The van der Waals surface area contributed by atoms with Crippen LogP contribution in [0.15, 0.2) is 0 Å². The fourth-order valence-corrected chi connectivity index (χ4v) is 2.58. The van der Waals surface area contributed by atoms with Gasteiger partial charge in [0.05, 0.1) is 12.6 Å². The zero-order valence-electron chi connectivity index (χ0n) is 12.2. The van der Waals surface area contributed by atoms with Gasteiger partial charge in [-0.25, -0.2) is 0 Å². The summed E-state index contributed by atoms with van der Waals surface area (Å²) < 4.78 is 4.89. The zero-order valence-corrected chi connectivity index (χ0v) is 12.2. The summed E-state index contributed by atoms with van der Waals surface area (Å²) in [6, 6.07) is -0.234. The van der Waals surface area contributed by atoms with Gasteiger partial charge < -0.3 is 20.5 Å². The van der Waals surface area contributed by atoms with Crippen LogP contribution in [0.1, 0.15) is 39.0 Å². The first-order valence-corrected chi connectivity index (χ1v) is 7.24. The molecule has 1 rings (SSSR count). The molecule has 0 saturated heterocycles. The summed E-state index contributed by atoms with van der Waals surface area (Å²) in [5.41, 5.74) is -0.0285. The Morgan fingerprint density at radius 3 is 2.63 bits per heavy atom. The van der Waals surface area contributed by atoms with Gasteiger partial charge in [-0.15, -0.1) is 0 Å². The van der Waals surface area contributed by atoms with E-state index in [0.29, 0.717) is 19.7 Å². The minimum absolute atomic E-state index is 0.0130. The molecule has 19 heavy (non-hydrogen) atoms. The number of nitrogens with one attached hydrogen (secondary N) is 2. The van der Waals surface area contributed by atoms with Crippen molar-refractivity contribution < 1.29 is 14.6 Å². The molecule has 0 aromatic heterocycles. The molecule has 0 aliphatic heterocycles. The van der Waals surface area contributed by atoms with Crippen LogP contribution in [0.4, 0.5) is 0 Å². The Kier molecular flexibility index (Phi) is 7.34. The van der Waals surface area contributed by atoms with Gasteiger partial charge in [-0.3, -0.25) is 4.79 Å². The predicted octanol–water partition coefficient (Wildman–Crippen LogP) is 0.670. The van der Waals surface area contributed by atoms with E-state index in [4.69, 9.17) is 4.74 Å². The Labute approximate surface area is 116 Å². The Balaban J connectivity index is 2.30. The number of methoxy groups -OCH3 is 1. The zero-order chi connectivity index (χ0) is 14.1. The highest BCUT2D eigenvalue weighted by Gasteiger charge is 2.31. The van der Waals surface area contributed by atoms with Gasteiger partial charge in [-0.2, -0.15) is 0 Å². The molecule has 0 spiro atoms. The maximum Gasteiger partial charge on any atom is 0.236 e. The molecule has 1 aliphatic carbocycles. The van der Waals surface area contributed by atoms with Gasteiger partial charge in [0.1, 0.15) is 0 Å². The standard InChI is InChI=1S/C14H28N2O3/c1-12(13(18)15-8-9-19-2)16-10-14(11-17)6-4-3-5-7-14/h12,16-17H,3-11H2,1-2H3,(H,15,18). The summed E-state index contributed by atoms with van der Waals surface area (Å²) in [4.78, 5) is 11.8. The normalized spacial score (nSPS) is 19.9. The van der Waals surface area contributed by atoms with E-state index in [9.17, 15) is 9.90 Å². The summed E-state index contributed by atoms with van der Waals surface area (Å²) in [7, 11) is 1.61. The summed E-state index contributed by atoms with van der Waals surface area (Å²) >= 11 is 0. The average Bonchev–Trinajstić information content (AvgIpc) is 2.46. The maximum absolute atomic E-state index is 11.8. The van der Waals surface area contributed by atoms with Crippen molar-refractivity contribution in [3.05, 3.63) is 0 Å². The lowest BCUT2D eigenvalue weighted by molar-refractivity contribution is -0.123. The van der Waals surface area contributed by atoms with E-state index in [-0.39, 0.29) is 24.0 Å². The highest BCUT2D eigenvalue weighted by molar-refractivity contribution is 5.81. The van der Waals surface area contributed by atoms with E-state index >= 15 is 0 Å². The Morgan fingerprint density at radius 1 is 1.37 bits per heavy atom. The van der Waals surface area contributed by atoms with Crippen molar-refractivity contribution in [3.63, 3.8) is 0 Å². The molecule has 112 valence electrons. The number of carbonyl (C=O) groups excluding carboxylic acids is 1. The second-order valence-corrected chi connectivity index (χ2v) is 5.61. The monoisotopic (exact) mass is 272 g/mol. The second kappa shape index (κ2) is 8.51. The first-order chi connectivity index (χ1) is 9.13. The Bertz CT molecular complexity index is 265. The van der Waals surface area contributed by atoms with Crippen LogP contribution in [-0.2, 0) is 9.53 Å². The minimum Gasteiger partial charge on any atom is -0.396 e. The third kappa shape index (κ3) is 5.47. The molecule has 0 heterocycles. The fraction of sp³-hybridized carbons (Fsp3) is 0.929. The van der Waals surface area contributed by atoms with Gasteiger partial charge in [0, 0.05) is 32.2 Å². The Morgan fingerprint density at radius 2 is 2.05 bits per heavy atom. The predicted molar refractivity (Wildman–Crippen MR) is 75.0 cm³/mol. The van der Waals surface area contributed by atoms with Crippen molar-refractivity contribution in [2.24, 2.45) is 5.41 Å². The van der Waals surface area contributed by atoms with Crippen molar-refractivity contribution >= 4 is 5.91 Å². The Hall–Kier alpha value is -0.650. The largest absolute Gasteiger partial charge is 0.396 e. The fourth-order valence-electron chi connectivity index (χ4n) is 2.58. The van der Waals surface area contributed by atoms with Crippen LogP contribution in [0.2, 0.25) is 0 Å². The number of rotatable bonds is 8. The highest BCUT2D eigenvalue weighted by Crippen LogP contribution is 2.35. The number of hydrogen-bond donors (Lipinski definition) is 3. The highest BCUT2D eigenvalue weighted by atomic mass is 16.5. The third-order valence-corrected chi connectivity index (χ3v) is 4.03. The van der Waals surface area contributed by atoms with Crippen LogP contribution < -0.4 is 10.6 Å². The van der Waals surface area contributed by atoms with E-state index in [1.54, 1.807) is 7.11 Å². The average molecular weight is 272 g/mol. The lowest BCUT2D eigenvalue weighted by Crippen LogP contribution is -2.48. The quantitative estimate of drug-likeness (QED) is 0.568. The summed E-state index contributed by atoms with van der Waals surface area (Å²) in [6.07, 6.45) is 5.71. The van der Waals surface area contributed by atoms with Crippen LogP contribution >= 0.6 is 0 Å². The molecule has 3 N–H and O–H groups in total. The lowest BCUT2D eigenvalue weighted by atomic mass is 9.74. The van der Waals surface area contributed by atoms with Gasteiger partial charge in [-0.1, -0.05) is 19.3 Å². The summed E-state index contributed by atoms with van der Waals surface area (Å²) in [5.74, 6) is -0.0130. The second-order valence-electron chi connectivity index (χ2n) is 5.61. The van der Waals surface area contributed by atoms with Gasteiger partial charge in [0.2, 0.25) is 5.91 Å². The topological polar surface area (TPSA) is 70.6 Å². The maximum atomic E-state index is 11.8. The molecule has 0 radical (unpaired) electrons. The number of aliphatic hydroxyl groups is 1. The molecule has 5 heteroatoms. The molecule has 1 aliphatic rings. The van der Waals surface area contributed by atoms with Crippen LogP contribution in [0.5, 0.6) is 0 Å². The van der Waals surface area contributed by atoms with Gasteiger partial charge in [-0.05, 0) is 19.8 Å². The molecule has 1 fully saturated rings. The minimum atomic E-state index is -0.234. The van der Waals surface area contributed by atoms with Crippen molar-refractivity contribution in [2.75, 3.05) is 33.4 Å². The molecule has 1 atom stereocenters. The smallest absolute Gasteiger partial charge is 0.236 e. The number of amides is 1. The molecule has 1 unspecified atom stereocenters. The van der Waals surface area contributed by atoms with Crippen molar-refractivity contribution in [3.8, 4) is 0 Å². The number of carbonyl (C=O) groups is 1. The van der Waals surface area contributed by atoms with Crippen LogP contribution in [0.25, 0.3) is 0 Å². The molecule has 1 saturated carbocycles. The summed E-state index contributed by atoms with van der Waals surface area (Å²) in [5, 5.41) is 15.7. The molecule has 0 aromatic carbocycles. The first-order valence-electron chi connectivity index (χ1n) is 7.24. The van der Waals surface area contributed by atoms with Crippen molar-refractivity contribution in [1.82, 2.24) is 10.6 Å². The van der Waals surface area contributed by atoms with E-state index < -0.39 is 0 Å². The first kappa shape index (κ1) is 16.4.